The molecule has 0 saturated heterocycles. The van der Waals surface area contributed by atoms with Gasteiger partial charge in [-0.25, -0.2) is 0 Å². The Balaban J connectivity index is 1.13. The van der Waals surface area contributed by atoms with Gasteiger partial charge in [0, 0.05) is 19.2 Å². The zero-order valence-electron chi connectivity index (χ0n) is 24.8. The molecule has 42 heavy (non-hydrogen) atoms. The highest BCUT2D eigenvalue weighted by Gasteiger charge is 2.11. The van der Waals surface area contributed by atoms with Gasteiger partial charge in [-0.1, -0.05) is 88.8 Å². The Morgan fingerprint density at radius 3 is 1.33 bits per heavy atom. The molecule has 0 unspecified atom stereocenters. The summed E-state index contributed by atoms with van der Waals surface area (Å²) in [7, 11) is 0. The van der Waals surface area contributed by atoms with Crippen LogP contribution in [0.4, 0.5) is 0 Å². The molecular weight excluding hydrogens is 553 g/mol. The Morgan fingerprint density at radius 1 is 0.452 bits per heavy atom. The van der Waals surface area contributed by atoms with E-state index in [9.17, 15) is 0 Å². The maximum Gasteiger partial charge on any atom is 0.119 e. The van der Waals surface area contributed by atoms with E-state index in [2.05, 4.69) is 98.8 Å². The number of hydrogen-bond donors (Lipinski definition) is 0. The third kappa shape index (κ3) is 6.82. The van der Waals surface area contributed by atoms with Gasteiger partial charge in [-0.05, 0) is 94.0 Å². The van der Waals surface area contributed by atoms with Gasteiger partial charge < -0.3 is 9.47 Å². The van der Waals surface area contributed by atoms with Gasteiger partial charge in [-0.2, -0.15) is 0 Å². The fourth-order valence-corrected chi connectivity index (χ4v) is 7.88. The largest absolute Gasteiger partial charge is 0.494 e. The van der Waals surface area contributed by atoms with Crippen molar-refractivity contribution in [2.45, 2.75) is 65.2 Å². The summed E-state index contributed by atoms with van der Waals surface area (Å²) in [6.45, 7) is 6.07. The summed E-state index contributed by atoms with van der Waals surface area (Å²) < 4.78 is 14.7. The maximum atomic E-state index is 6.00. The molecular formula is C38H40O2S2. The smallest absolute Gasteiger partial charge is 0.119 e. The molecule has 0 aliphatic heterocycles. The van der Waals surface area contributed by atoms with Gasteiger partial charge in [0.2, 0.25) is 0 Å². The summed E-state index contributed by atoms with van der Waals surface area (Å²) in [5.74, 6) is 1.94. The average molecular weight is 593 g/mol. The van der Waals surface area contributed by atoms with Crippen LogP contribution in [0.25, 0.3) is 51.8 Å². The molecule has 4 aromatic carbocycles. The molecule has 0 aliphatic rings. The molecule has 0 fully saturated rings. The minimum Gasteiger partial charge on any atom is -0.494 e. The van der Waals surface area contributed by atoms with Crippen molar-refractivity contribution in [1.29, 1.82) is 0 Å². The second kappa shape index (κ2) is 13.8. The SMILES string of the molecule is CCCCCCOc1ccc2cc(-c3cc4sc(-c5ccc6cc(OCCCCCC)ccc6c5)cc4s3)ccc2c1. The van der Waals surface area contributed by atoms with E-state index in [4.69, 9.17) is 9.47 Å². The number of thiophene rings is 2. The van der Waals surface area contributed by atoms with E-state index in [1.165, 1.54) is 90.4 Å². The highest BCUT2D eigenvalue weighted by atomic mass is 32.1. The predicted octanol–water partition coefficient (Wildman–Crippen LogP) is 12.5. The average Bonchev–Trinajstić information content (AvgIpc) is 3.60. The maximum absolute atomic E-state index is 6.00. The standard InChI is InChI=1S/C38H40O2S2/c1-3-5-7-9-19-39-33-17-15-27-21-31(13-11-29(27)23-33)35-25-37-38(41-35)26-36(42-37)32-14-12-30-24-34(18-16-28(30)22-32)40-20-10-8-6-4-2/h11-18,21-26H,3-10,19-20H2,1-2H3. The van der Waals surface area contributed by atoms with E-state index in [1.807, 2.05) is 22.7 Å². The molecule has 0 N–H and O–H groups in total. The third-order valence-corrected chi connectivity index (χ3v) is 10.3. The number of unbranched alkanes of at least 4 members (excludes halogenated alkanes) is 6. The second-order valence-electron chi connectivity index (χ2n) is 11.2. The first-order valence-electron chi connectivity index (χ1n) is 15.6. The molecule has 216 valence electrons. The molecule has 0 radical (unpaired) electrons. The fourth-order valence-electron chi connectivity index (χ4n) is 5.49. The molecule has 6 rings (SSSR count). The van der Waals surface area contributed by atoms with Crippen molar-refractivity contribution in [3.63, 3.8) is 0 Å². The van der Waals surface area contributed by atoms with Crippen LogP contribution in [0.1, 0.15) is 65.2 Å². The lowest BCUT2D eigenvalue weighted by Crippen LogP contribution is -1.97. The van der Waals surface area contributed by atoms with Gasteiger partial charge in [-0.15, -0.1) is 22.7 Å². The van der Waals surface area contributed by atoms with Crippen LogP contribution in [0, 0.1) is 0 Å². The Bertz CT molecular complexity index is 1620. The zero-order chi connectivity index (χ0) is 28.7. The van der Waals surface area contributed by atoms with E-state index in [1.54, 1.807) is 0 Å². The van der Waals surface area contributed by atoms with Gasteiger partial charge in [0.15, 0.2) is 0 Å². The van der Waals surface area contributed by atoms with Gasteiger partial charge in [-0.3, -0.25) is 0 Å². The van der Waals surface area contributed by atoms with Crippen LogP contribution in [0.3, 0.4) is 0 Å². The Labute approximate surface area is 257 Å². The third-order valence-electron chi connectivity index (χ3n) is 7.93. The van der Waals surface area contributed by atoms with E-state index in [0.29, 0.717) is 0 Å². The summed E-state index contributed by atoms with van der Waals surface area (Å²) in [5.41, 5.74) is 2.56. The minimum atomic E-state index is 0.797. The first kappa shape index (κ1) is 28.8. The molecule has 0 spiro atoms. The van der Waals surface area contributed by atoms with Crippen LogP contribution in [0.2, 0.25) is 0 Å². The second-order valence-corrected chi connectivity index (χ2v) is 13.4. The van der Waals surface area contributed by atoms with Gasteiger partial charge in [0.25, 0.3) is 0 Å². The van der Waals surface area contributed by atoms with Crippen molar-refractivity contribution in [1.82, 2.24) is 0 Å². The molecule has 6 aromatic rings. The van der Waals surface area contributed by atoms with E-state index in [0.717, 1.165) is 37.6 Å². The van der Waals surface area contributed by atoms with Crippen LogP contribution in [-0.4, -0.2) is 13.2 Å². The van der Waals surface area contributed by atoms with Crippen molar-refractivity contribution >= 4 is 53.6 Å². The van der Waals surface area contributed by atoms with Crippen molar-refractivity contribution in [3.8, 4) is 32.4 Å². The Morgan fingerprint density at radius 2 is 0.881 bits per heavy atom. The monoisotopic (exact) mass is 592 g/mol. The predicted molar refractivity (Wildman–Crippen MR) is 185 cm³/mol. The first-order valence-corrected chi connectivity index (χ1v) is 17.2. The Kier molecular flexibility index (Phi) is 9.42. The van der Waals surface area contributed by atoms with Crippen LogP contribution in [0.15, 0.2) is 84.9 Å². The highest BCUT2D eigenvalue weighted by Crippen LogP contribution is 2.43. The van der Waals surface area contributed by atoms with Crippen molar-refractivity contribution in [3.05, 3.63) is 84.9 Å². The van der Waals surface area contributed by atoms with Crippen molar-refractivity contribution in [2.24, 2.45) is 0 Å². The van der Waals surface area contributed by atoms with Crippen molar-refractivity contribution in [2.75, 3.05) is 13.2 Å². The lowest BCUT2D eigenvalue weighted by atomic mass is 10.1. The molecule has 2 heterocycles. The summed E-state index contributed by atoms with van der Waals surface area (Å²) >= 11 is 3.76. The number of benzene rings is 4. The summed E-state index contributed by atoms with van der Waals surface area (Å²) in [6.07, 6.45) is 9.80. The summed E-state index contributed by atoms with van der Waals surface area (Å²) in [4.78, 5) is 2.64. The molecule has 4 heteroatoms. The van der Waals surface area contributed by atoms with Gasteiger partial charge in [0.05, 0.1) is 13.2 Å². The van der Waals surface area contributed by atoms with Crippen molar-refractivity contribution < 1.29 is 9.47 Å². The van der Waals surface area contributed by atoms with Crippen LogP contribution >= 0.6 is 22.7 Å². The Hall–Kier alpha value is -3.34. The number of hydrogen-bond acceptors (Lipinski definition) is 4. The normalized spacial score (nSPS) is 11.6. The van der Waals surface area contributed by atoms with E-state index < -0.39 is 0 Å². The number of rotatable bonds is 14. The number of ether oxygens (including phenoxy) is 2. The quantitative estimate of drug-likeness (QED) is 0.117. The summed E-state index contributed by atoms with van der Waals surface area (Å²) in [5, 5.41) is 4.97. The molecule has 0 saturated carbocycles. The van der Waals surface area contributed by atoms with Crippen LogP contribution < -0.4 is 9.47 Å². The molecule has 0 amide bonds. The molecule has 0 aliphatic carbocycles. The van der Waals surface area contributed by atoms with Crippen LogP contribution in [-0.2, 0) is 0 Å². The zero-order valence-corrected chi connectivity index (χ0v) is 26.4. The topological polar surface area (TPSA) is 18.5 Å². The number of fused-ring (bicyclic) bond motifs is 3. The highest BCUT2D eigenvalue weighted by molar-refractivity contribution is 7.31. The molecule has 0 bridgehead atoms. The van der Waals surface area contributed by atoms with E-state index >= 15 is 0 Å². The molecule has 2 aromatic heterocycles. The molecule has 2 nitrogen and oxygen atoms in total. The van der Waals surface area contributed by atoms with Crippen LogP contribution in [0.5, 0.6) is 11.5 Å². The van der Waals surface area contributed by atoms with Gasteiger partial charge in [0.1, 0.15) is 11.5 Å². The lowest BCUT2D eigenvalue weighted by Gasteiger charge is -2.08. The summed E-state index contributed by atoms with van der Waals surface area (Å²) in [6, 6.07) is 31.2. The molecule has 0 atom stereocenters. The first-order chi connectivity index (χ1) is 20.7. The lowest BCUT2D eigenvalue weighted by molar-refractivity contribution is 0.305. The van der Waals surface area contributed by atoms with Gasteiger partial charge >= 0.3 is 0 Å². The minimum absolute atomic E-state index is 0.797. The van der Waals surface area contributed by atoms with E-state index in [-0.39, 0.29) is 0 Å². The fraction of sp³-hybridized carbons (Fsp3) is 0.316.